The molecule has 4 heteroatoms. The number of non-ortho nitro benzene ring substituents is 1. The molecule has 0 saturated carbocycles. The van der Waals surface area contributed by atoms with Gasteiger partial charge >= 0.3 is 0 Å². The summed E-state index contributed by atoms with van der Waals surface area (Å²) in [6, 6.07) is 15.0. The van der Waals surface area contributed by atoms with Gasteiger partial charge in [-0.1, -0.05) is 29.8 Å². The highest BCUT2D eigenvalue weighted by molar-refractivity contribution is 7.98. The zero-order valence-corrected chi connectivity index (χ0v) is 10.8. The molecule has 0 aliphatic carbocycles. The average Bonchev–Trinajstić information content (AvgIpc) is 2.38. The van der Waals surface area contributed by atoms with Crippen LogP contribution in [0.5, 0.6) is 0 Å². The third-order valence-corrected chi connectivity index (χ3v) is 3.63. The first kappa shape index (κ1) is 12.6. The van der Waals surface area contributed by atoms with Crippen LogP contribution in [-0.4, -0.2) is 4.92 Å². The van der Waals surface area contributed by atoms with Crippen LogP contribution in [0.2, 0.25) is 0 Å². The van der Waals surface area contributed by atoms with Gasteiger partial charge < -0.3 is 0 Å². The van der Waals surface area contributed by atoms with E-state index in [-0.39, 0.29) is 10.6 Å². The number of aryl methyl sites for hydroxylation is 1. The molecule has 0 aromatic heterocycles. The summed E-state index contributed by atoms with van der Waals surface area (Å²) >= 11 is 1.68. The molecule has 92 valence electrons. The Labute approximate surface area is 110 Å². The Morgan fingerprint density at radius 3 is 2.56 bits per heavy atom. The molecule has 0 heterocycles. The molecule has 3 nitrogen and oxygen atoms in total. The molecule has 2 aromatic carbocycles. The largest absolute Gasteiger partial charge is 0.269 e. The lowest BCUT2D eigenvalue weighted by Gasteiger charge is -2.02. The average molecular weight is 259 g/mol. The minimum Gasteiger partial charge on any atom is -0.258 e. The highest BCUT2D eigenvalue weighted by Crippen LogP contribution is 2.24. The van der Waals surface area contributed by atoms with Crippen molar-refractivity contribution >= 4 is 17.4 Å². The first-order valence-corrected chi connectivity index (χ1v) is 6.56. The number of nitro benzene ring substituents is 1. The number of thioether (sulfide) groups is 1. The number of hydrogen-bond acceptors (Lipinski definition) is 3. The second-order valence-corrected chi connectivity index (χ2v) is 5.08. The number of nitrogens with zero attached hydrogens (tertiary/aromatic N) is 1. The second kappa shape index (κ2) is 5.69. The Morgan fingerprint density at radius 2 is 1.89 bits per heavy atom. The Bertz CT molecular complexity index is 552. The number of benzene rings is 2. The van der Waals surface area contributed by atoms with E-state index >= 15 is 0 Å². The summed E-state index contributed by atoms with van der Waals surface area (Å²) in [6.07, 6.45) is 0. The maximum absolute atomic E-state index is 10.7. The molecule has 0 atom stereocenters. The lowest BCUT2D eigenvalue weighted by atomic mass is 10.2. The predicted octanol–water partition coefficient (Wildman–Crippen LogP) is 4.20. The molecular formula is C14H13NO2S. The van der Waals surface area contributed by atoms with Crippen LogP contribution >= 0.6 is 11.8 Å². The number of hydrogen-bond donors (Lipinski definition) is 0. The van der Waals surface area contributed by atoms with Gasteiger partial charge in [-0.05, 0) is 24.6 Å². The van der Waals surface area contributed by atoms with Gasteiger partial charge in [0.25, 0.3) is 5.69 Å². The molecule has 2 aromatic rings. The van der Waals surface area contributed by atoms with Crippen LogP contribution in [0.25, 0.3) is 0 Å². The maximum Gasteiger partial charge on any atom is 0.269 e. The summed E-state index contributed by atoms with van der Waals surface area (Å²) in [5.41, 5.74) is 2.35. The lowest BCUT2D eigenvalue weighted by molar-refractivity contribution is -0.384. The quantitative estimate of drug-likeness (QED) is 0.469. The van der Waals surface area contributed by atoms with Gasteiger partial charge in [0, 0.05) is 22.8 Å². The van der Waals surface area contributed by atoms with Crippen LogP contribution in [0, 0.1) is 17.0 Å². The van der Waals surface area contributed by atoms with Crippen LogP contribution in [0.3, 0.4) is 0 Å². The third-order valence-electron chi connectivity index (χ3n) is 2.55. The molecular weight excluding hydrogens is 246 g/mol. The van der Waals surface area contributed by atoms with Gasteiger partial charge in [-0.3, -0.25) is 10.1 Å². The predicted molar refractivity (Wildman–Crippen MR) is 73.8 cm³/mol. The number of rotatable bonds is 4. The minimum atomic E-state index is -0.361. The van der Waals surface area contributed by atoms with Crippen molar-refractivity contribution in [3.05, 3.63) is 69.8 Å². The Balaban J connectivity index is 2.04. The van der Waals surface area contributed by atoms with E-state index in [1.165, 1.54) is 16.5 Å². The van der Waals surface area contributed by atoms with E-state index < -0.39 is 0 Å². The van der Waals surface area contributed by atoms with Gasteiger partial charge in [0.15, 0.2) is 0 Å². The van der Waals surface area contributed by atoms with E-state index in [2.05, 4.69) is 31.2 Å². The van der Waals surface area contributed by atoms with Crippen molar-refractivity contribution < 1.29 is 4.92 Å². The molecule has 0 bridgehead atoms. The topological polar surface area (TPSA) is 43.1 Å². The summed E-state index contributed by atoms with van der Waals surface area (Å²) in [5, 5.41) is 10.7. The van der Waals surface area contributed by atoms with Crippen molar-refractivity contribution in [3.8, 4) is 0 Å². The SMILES string of the molecule is Cc1ccc(SCc2cccc([N+](=O)[O-])c2)cc1. The van der Waals surface area contributed by atoms with E-state index in [9.17, 15) is 10.1 Å². The summed E-state index contributed by atoms with van der Waals surface area (Å²) in [5.74, 6) is 0.741. The molecule has 0 aliphatic heterocycles. The van der Waals surface area contributed by atoms with Crippen LogP contribution in [0.4, 0.5) is 5.69 Å². The van der Waals surface area contributed by atoms with Crippen molar-refractivity contribution in [2.75, 3.05) is 0 Å². The molecule has 18 heavy (non-hydrogen) atoms. The third kappa shape index (κ3) is 3.34. The zero-order valence-electron chi connectivity index (χ0n) is 10.00. The van der Waals surface area contributed by atoms with Gasteiger partial charge in [-0.25, -0.2) is 0 Å². The lowest BCUT2D eigenvalue weighted by Crippen LogP contribution is -1.89. The van der Waals surface area contributed by atoms with Crippen molar-refractivity contribution in [2.45, 2.75) is 17.6 Å². The Hall–Kier alpha value is -1.81. The van der Waals surface area contributed by atoms with Gasteiger partial charge in [0.05, 0.1) is 4.92 Å². The molecule has 0 aliphatic rings. The van der Waals surface area contributed by atoms with Crippen molar-refractivity contribution in [1.29, 1.82) is 0 Å². The van der Waals surface area contributed by atoms with Crippen LogP contribution in [0.15, 0.2) is 53.4 Å². The van der Waals surface area contributed by atoms with Crippen molar-refractivity contribution in [2.24, 2.45) is 0 Å². The van der Waals surface area contributed by atoms with E-state index in [0.29, 0.717) is 0 Å². The highest BCUT2D eigenvalue weighted by Gasteiger charge is 2.05. The second-order valence-electron chi connectivity index (χ2n) is 4.03. The summed E-state index contributed by atoms with van der Waals surface area (Å²) in [6.45, 7) is 2.05. The summed E-state index contributed by atoms with van der Waals surface area (Å²) in [7, 11) is 0. The number of nitro groups is 1. The van der Waals surface area contributed by atoms with Crippen LogP contribution in [0.1, 0.15) is 11.1 Å². The standard InChI is InChI=1S/C14H13NO2S/c1-11-5-7-14(8-6-11)18-10-12-3-2-4-13(9-12)15(16)17/h2-9H,10H2,1H3. The first-order valence-electron chi connectivity index (χ1n) is 5.58. The van der Waals surface area contributed by atoms with E-state index in [1.54, 1.807) is 23.9 Å². The van der Waals surface area contributed by atoms with E-state index in [0.717, 1.165) is 11.3 Å². The fraction of sp³-hybridized carbons (Fsp3) is 0.143. The molecule has 0 radical (unpaired) electrons. The molecule has 0 saturated heterocycles. The smallest absolute Gasteiger partial charge is 0.258 e. The van der Waals surface area contributed by atoms with Crippen molar-refractivity contribution in [3.63, 3.8) is 0 Å². The Morgan fingerprint density at radius 1 is 1.17 bits per heavy atom. The van der Waals surface area contributed by atoms with Crippen LogP contribution < -0.4 is 0 Å². The van der Waals surface area contributed by atoms with Gasteiger partial charge in [0.1, 0.15) is 0 Å². The van der Waals surface area contributed by atoms with Gasteiger partial charge in [0.2, 0.25) is 0 Å². The Kier molecular flexibility index (Phi) is 3.99. The minimum absolute atomic E-state index is 0.150. The van der Waals surface area contributed by atoms with E-state index in [4.69, 9.17) is 0 Å². The summed E-state index contributed by atoms with van der Waals surface area (Å²) in [4.78, 5) is 11.5. The molecule has 2 rings (SSSR count). The molecule has 0 amide bonds. The summed E-state index contributed by atoms with van der Waals surface area (Å²) < 4.78 is 0. The van der Waals surface area contributed by atoms with Gasteiger partial charge in [-0.15, -0.1) is 11.8 Å². The van der Waals surface area contributed by atoms with E-state index in [1.807, 2.05) is 6.07 Å². The first-order chi connectivity index (χ1) is 8.65. The fourth-order valence-electron chi connectivity index (χ4n) is 1.56. The fourth-order valence-corrected chi connectivity index (χ4v) is 2.40. The monoisotopic (exact) mass is 259 g/mol. The molecule has 0 spiro atoms. The van der Waals surface area contributed by atoms with Gasteiger partial charge in [-0.2, -0.15) is 0 Å². The molecule has 0 fully saturated rings. The normalized spacial score (nSPS) is 10.3. The zero-order chi connectivity index (χ0) is 13.0. The van der Waals surface area contributed by atoms with Crippen LogP contribution in [-0.2, 0) is 5.75 Å². The molecule has 0 N–H and O–H groups in total. The van der Waals surface area contributed by atoms with Crippen molar-refractivity contribution in [1.82, 2.24) is 0 Å². The molecule has 0 unspecified atom stereocenters. The maximum atomic E-state index is 10.7. The highest BCUT2D eigenvalue weighted by atomic mass is 32.2.